The fourth-order valence-electron chi connectivity index (χ4n) is 1.78. The third-order valence-corrected chi connectivity index (χ3v) is 2.97. The van der Waals surface area contributed by atoms with Gasteiger partial charge in [0.05, 0.1) is 5.92 Å². The average Bonchev–Trinajstić information content (AvgIpc) is 2.79. The molecule has 110 valence electrons. The first kappa shape index (κ1) is 14.6. The van der Waals surface area contributed by atoms with E-state index in [9.17, 15) is 19.8 Å². The number of hydrogen-bond acceptors (Lipinski definition) is 5. The molecule has 21 heavy (non-hydrogen) atoms. The molecule has 1 aromatic carbocycles. The van der Waals surface area contributed by atoms with Crippen molar-refractivity contribution >= 4 is 11.8 Å². The molecule has 1 heterocycles. The Kier molecular flexibility index (Phi) is 4.27. The Morgan fingerprint density at radius 1 is 1.10 bits per heavy atom. The number of aromatic nitrogens is 1. The minimum Gasteiger partial charge on any atom is -0.492 e. The number of ketones is 1. The summed E-state index contributed by atoms with van der Waals surface area (Å²) in [6.45, 7) is 1.54. The highest BCUT2D eigenvalue weighted by molar-refractivity contribution is 5.98. The molecule has 0 bridgehead atoms. The van der Waals surface area contributed by atoms with Crippen molar-refractivity contribution in [2.75, 3.05) is 0 Å². The Labute approximate surface area is 121 Å². The SMILES string of the molecule is CC(CC(=O)c1ccccc1)C(=O)On1c(O)ccc1O. The van der Waals surface area contributed by atoms with Gasteiger partial charge in [-0.2, -0.15) is 0 Å². The Morgan fingerprint density at radius 2 is 1.67 bits per heavy atom. The van der Waals surface area contributed by atoms with Gasteiger partial charge in [-0.1, -0.05) is 37.3 Å². The van der Waals surface area contributed by atoms with E-state index >= 15 is 0 Å². The molecular weight excluding hydrogens is 274 g/mol. The van der Waals surface area contributed by atoms with E-state index in [1.807, 2.05) is 0 Å². The van der Waals surface area contributed by atoms with Crippen LogP contribution in [0.2, 0.25) is 0 Å². The third-order valence-electron chi connectivity index (χ3n) is 2.97. The van der Waals surface area contributed by atoms with Gasteiger partial charge in [0.2, 0.25) is 11.8 Å². The van der Waals surface area contributed by atoms with Crippen LogP contribution in [0.3, 0.4) is 0 Å². The van der Waals surface area contributed by atoms with Crippen LogP contribution in [0, 0.1) is 5.92 Å². The normalized spacial score (nSPS) is 11.9. The van der Waals surface area contributed by atoms with E-state index in [-0.39, 0.29) is 12.2 Å². The van der Waals surface area contributed by atoms with E-state index < -0.39 is 23.6 Å². The highest BCUT2D eigenvalue weighted by Crippen LogP contribution is 2.20. The maximum absolute atomic E-state index is 12.0. The summed E-state index contributed by atoms with van der Waals surface area (Å²) in [5.74, 6) is -2.41. The second kappa shape index (κ2) is 6.13. The van der Waals surface area contributed by atoms with Crippen molar-refractivity contribution < 1.29 is 24.6 Å². The zero-order chi connectivity index (χ0) is 15.4. The Balaban J connectivity index is 1.99. The molecule has 2 rings (SSSR count). The van der Waals surface area contributed by atoms with Crippen molar-refractivity contribution in [2.24, 2.45) is 5.92 Å². The fourth-order valence-corrected chi connectivity index (χ4v) is 1.78. The van der Waals surface area contributed by atoms with E-state index in [1.54, 1.807) is 37.3 Å². The molecule has 0 aliphatic carbocycles. The molecule has 1 unspecified atom stereocenters. The lowest BCUT2D eigenvalue weighted by molar-refractivity contribution is -0.149. The van der Waals surface area contributed by atoms with E-state index in [1.165, 1.54) is 12.1 Å². The predicted octanol–water partition coefficient (Wildman–Crippen LogP) is 1.76. The topological polar surface area (TPSA) is 88.8 Å². The summed E-state index contributed by atoms with van der Waals surface area (Å²) in [5.41, 5.74) is 0.517. The van der Waals surface area contributed by atoms with E-state index in [2.05, 4.69) is 0 Å². The predicted molar refractivity (Wildman–Crippen MR) is 73.9 cm³/mol. The highest BCUT2D eigenvalue weighted by atomic mass is 16.7. The van der Waals surface area contributed by atoms with Crippen molar-refractivity contribution in [3.05, 3.63) is 48.0 Å². The third kappa shape index (κ3) is 3.42. The lowest BCUT2D eigenvalue weighted by atomic mass is 10.00. The van der Waals surface area contributed by atoms with Crippen LogP contribution in [0.25, 0.3) is 0 Å². The molecule has 0 aliphatic heterocycles. The van der Waals surface area contributed by atoms with Gasteiger partial charge in [-0.3, -0.25) is 4.79 Å². The second-order valence-electron chi connectivity index (χ2n) is 4.65. The maximum Gasteiger partial charge on any atom is 0.336 e. The summed E-state index contributed by atoms with van der Waals surface area (Å²) in [4.78, 5) is 28.7. The summed E-state index contributed by atoms with van der Waals surface area (Å²) in [5, 5.41) is 18.8. The van der Waals surface area contributed by atoms with Crippen LogP contribution in [0.4, 0.5) is 0 Å². The van der Waals surface area contributed by atoms with Crippen molar-refractivity contribution in [3.8, 4) is 11.8 Å². The molecule has 0 radical (unpaired) electrons. The lowest BCUT2D eigenvalue weighted by Gasteiger charge is -2.11. The van der Waals surface area contributed by atoms with Crippen LogP contribution in [-0.2, 0) is 4.79 Å². The van der Waals surface area contributed by atoms with Gasteiger partial charge >= 0.3 is 5.97 Å². The first-order valence-electron chi connectivity index (χ1n) is 6.39. The minimum atomic E-state index is -0.721. The number of carbonyl (C=O) groups excluding carboxylic acids is 2. The quantitative estimate of drug-likeness (QED) is 0.819. The van der Waals surface area contributed by atoms with Crippen molar-refractivity contribution in [3.63, 3.8) is 0 Å². The number of carbonyl (C=O) groups is 2. The lowest BCUT2D eigenvalue weighted by Crippen LogP contribution is -2.26. The second-order valence-corrected chi connectivity index (χ2v) is 4.65. The minimum absolute atomic E-state index is 0.0222. The number of benzene rings is 1. The molecule has 6 nitrogen and oxygen atoms in total. The van der Waals surface area contributed by atoms with Crippen molar-refractivity contribution in [1.82, 2.24) is 4.73 Å². The summed E-state index contributed by atoms with van der Waals surface area (Å²) in [7, 11) is 0. The van der Waals surface area contributed by atoms with Gasteiger partial charge in [0, 0.05) is 24.1 Å². The van der Waals surface area contributed by atoms with Gasteiger partial charge in [-0.15, -0.1) is 4.73 Å². The Morgan fingerprint density at radius 3 is 2.24 bits per heavy atom. The monoisotopic (exact) mass is 289 g/mol. The molecule has 0 fully saturated rings. The molecule has 0 spiro atoms. The van der Waals surface area contributed by atoms with Crippen LogP contribution in [0.15, 0.2) is 42.5 Å². The molecule has 0 saturated carbocycles. The number of hydrogen-bond donors (Lipinski definition) is 2. The first-order chi connectivity index (χ1) is 9.99. The number of Topliss-reactive ketones (excluding diaryl/α,β-unsaturated/α-hetero) is 1. The molecular formula is C15H15NO5. The standard InChI is InChI=1S/C15H15NO5/c1-10(9-12(17)11-5-3-2-4-6-11)15(20)21-16-13(18)7-8-14(16)19/h2-8,10,18-19H,9H2,1H3. The van der Waals surface area contributed by atoms with Gasteiger partial charge in [0.15, 0.2) is 5.78 Å². The van der Waals surface area contributed by atoms with Gasteiger partial charge in [-0.05, 0) is 0 Å². The average molecular weight is 289 g/mol. The largest absolute Gasteiger partial charge is 0.492 e. The van der Waals surface area contributed by atoms with Crippen LogP contribution < -0.4 is 4.84 Å². The molecule has 0 saturated heterocycles. The highest BCUT2D eigenvalue weighted by Gasteiger charge is 2.22. The zero-order valence-corrected chi connectivity index (χ0v) is 11.4. The molecule has 0 aliphatic rings. The van der Waals surface area contributed by atoms with E-state index in [4.69, 9.17) is 4.84 Å². The van der Waals surface area contributed by atoms with Gasteiger partial charge in [-0.25, -0.2) is 4.79 Å². The number of rotatable bonds is 5. The van der Waals surface area contributed by atoms with Gasteiger partial charge in [0.25, 0.3) is 0 Å². The summed E-state index contributed by atoms with van der Waals surface area (Å²) in [6.07, 6.45) is -0.0222. The molecule has 1 aromatic heterocycles. The van der Waals surface area contributed by atoms with Crippen molar-refractivity contribution in [1.29, 1.82) is 0 Å². The van der Waals surface area contributed by atoms with E-state index in [0.29, 0.717) is 10.3 Å². The first-order valence-corrected chi connectivity index (χ1v) is 6.39. The van der Waals surface area contributed by atoms with Gasteiger partial charge in [0.1, 0.15) is 0 Å². The molecule has 0 amide bonds. The Hall–Kier alpha value is -2.76. The van der Waals surface area contributed by atoms with Gasteiger partial charge < -0.3 is 15.1 Å². The molecule has 2 aromatic rings. The zero-order valence-electron chi connectivity index (χ0n) is 11.4. The number of aromatic hydroxyl groups is 2. The fraction of sp³-hybridized carbons (Fsp3) is 0.200. The maximum atomic E-state index is 12.0. The summed E-state index contributed by atoms with van der Waals surface area (Å²) < 4.78 is 0.603. The van der Waals surface area contributed by atoms with E-state index in [0.717, 1.165) is 0 Å². The number of nitrogens with zero attached hydrogens (tertiary/aromatic N) is 1. The van der Waals surface area contributed by atoms with Crippen LogP contribution in [-0.4, -0.2) is 26.7 Å². The Bertz CT molecular complexity index is 628. The summed E-state index contributed by atoms with van der Waals surface area (Å²) in [6, 6.07) is 11.0. The smallest absolute Gasteiger partial charge is 0.336 e. The molecule has 6 heteroatoms. The van der Waals surface area contributed by atoms with Crippen LogP contribution >= 0.6 is 0 Å². The van der Waals surface area contributed by atoms with Crippen LogP contribution in [0.1, 0.15) is 23.7 Å². The molecule has 2 N–H and O–H groups in total. The van der Waals surface area contributed by atoms with Crippen molar-refractivity contribution in [2.45, 2.75) is 13.3 Å². The van der Waals surface area contributed by atoms with Crippen LogP contribution in [0.5, 0.6) is 11.8 Å². The summed E-state index contributed by atoms with van der Waals surface area (Å²) >= 11 is 0. The molecule has 1 atom stereocenters.